The summed E-state index contributed by atoms with van der Waals surface area (Å²) in [5.74, 6) is 1.46. The zero-order valence-corrected chi connectivity index (χ0v) is 16.3. The molecule has 4 aromatic rings. The van der Waals surface area contributed by atoms with E-state index in [4.69, 9.17) is 10.7 Å². The first-order chi connectivity index (χ1) is 14.2. The van der Waals surface area contributed by atoms with Crippen LogP contribution >= 0.6 is 0 Å². The minimum atomic E-state index is 0.298. The number of benzene rings is 1. The quantitative estimate of drug-likeness (QED) is 0.584. The van der Waals surface area contributed by atoms with Crippen LogP contribution in [0.4, 0.5) is 0 Å². The van der Waals surface area contributed by atoms with Crippen molar-refractivity contribution in [2.45, 2.75) is 37.8 Å². The Kier molecular flexibility index (Phi) is 3.89. The predicted octanol–water partition coefficient (Wildman–Crippen LogP) is 3.35. The van der Waals surface area contributed by atoms with Gasteiger partial charge in [-0.1, -0.05) is 30.3 Å². The molecule has 3 aromatic heterocycles. The number of para-hydroxylation sites is 1. The zero-order valence-electron chi connectivity index (χ0n) is 16.3. The third-order valence-electron chi connectivity index (χ3n) is 6.18. The maximum absolute atomic E-state index is 6.06. The average Bonchev–Trinajstić information content (AvgIpc) is 3.38. The molecule has 2 aliphatic rings. The monoisotopic (exact) mass is 384 g/mol. The van der Waals surface area contributed by atoms with Gasteiger partial charge in [0.2, 0.25) is 0 Å². The molecule has 2 fully saturated rings. The van der Waals surface area contributed by atoms with Gasteiger partial charge in [-0.25, -0.2) is 4.98 Å². The molecule has 146 valence electrons. The number of likely N-dealkylation sites (tertiary alicyclic amines) is 1. The Bertz CT molecular complexity index is 1210. The highest BCUT2D eigenvalue weighted by Crippen LogP contribution is 2.42. The minimum Gasteiger partial charge on any atom is -0.326 e. The van der Waals surface area contributed by atoms with Crippen molar-refractivity contribution in [1.29, 1.82) is 0 Å². The van der Waals surface area contributed by atoms with Crippen LogP contribution in [0.15, 0.2) is 48.7 Å². The SMILES string of the molecule is NC1CCN(Cc2ccc3nnc(-c4ccc5cccc(C6CC6)c5n4)n3c2)C1. The fourth-order valence-corrected chi connectivity index (χ4v) is 4.49. The molecule has 1 aliphatic carbocycles. The summed E-state index contributed by atoms with van der Waals surface area (Å²) >= 11 is 0. The number of fused-ring (bicyclic) bond motifs is 2. The molecule has 2 N–H and O–H groups in total. The number of nitrogens with two attached hydrogens (primary N) is 1. The van der Waals surface area contributed by atoms with E-state index >= 15 is 0 Å². The van der Waals surface area contributed by atoms with Gasteiger partial charge in [-0.3, -0.25) is 9.30 Å². The van der Waals surface area contributed by atoms with E-state index < -0.39 is 0 Å². The van der Waals surface area contributed by atoms with Crippen molar-refractivity contribution in [1.82, 2.24) is 24.5 Å². The average molecular weight is 384 g/mol. The summed E-state index contributed by atoms with van der Waals surface area (Å²) < 4.78 is 2.07. The molecule has 6 nitrogen and oxygen atoms in total. The molecular formula is C23H24N6. The Morgan fingerprint density at radius 3 is 2.76 bits per heavy atom. The van der Waals surface area contributed by atoms with E-state index in [1.807, 2.05) is 6.07 Å². The van der Waals surface area contributed by atoms with E-state index in [2.05, 4.69) is 62.1 Å². The summed E-state index contributed by atoms with van der Waals surface area (Å²) in [5, 5.41) is 10.0. The van der Waals surface area contributed by atoms with E-state index in [1.165, 1.54) is 29.4 Å². The molecular weight excluding hydrogens is 360 g/mol. The second kappa shape index (κ2) is 6.61. The van der Waals surface area contributed by atoms with Crippen molar-refractivity contribution in [2.24, 2.45) is 5.73 Å². The van der Waals surface area contributed by atoms with Crippen molar-refractivity contribution in [2.75, 3.05) is 13.1 Å². The lowest BCUT2D eigenvalue weighted by molar-refractivity contribution is 0.326. The third-order valence-corrected chi connectivity index (χ3v) is 6.18. The van der Waals surface area contributed by atoms with Gasteiger partial charge in [0, 0.05) is 37.3 Å². The number of nitrogens with zero attached hydrogens (tertiary/aromatic N) is 5. The summed E-state index contributed by atoms with van der Waals surface area (Å²) in [4.78, 5) is 7.43. The van der Waals surface area contributed by atoms with Gasteiger partial charge in [0.15, 0.2) is 11.5 Å². The van der Waals surface area contributed by atoms with Crippen molar-refractivity contribution < 1.29 is 0 Å². The number of hydrogen-bond acceptors (Lipinski definition) is 5. The molecule has 1 aromatic carbocycles. The molecule has 1 aliphatic heterocycles. The number of pyridine rings is 2. The third kappa shape index (κ3) is 3.09. The Morgan fingerprint density at radius 1 is 1.00 bits per heavy atom. The van der Waals surface area contributed by atoms with Crippen LogP contribution in [0, 0.1) is 0 Å². The van der Waals surface area contributed by atoms with Gasteiger partial charge in [0.25, 0.3) is 0 Å². The Labute approximate surface area is 169 Å². The van der Waals surface area contributed by atoms with Crippen molar-refractivity contribution in [3.05, 3.63) is 59.8 Å². The van der Waals surface area contributed by atoms with Crippen LogP contribution in [-0.4, -0.2) is 43.6 Å². The normalized spacial score (nSPS) is 20.1. The second-order valence-electron chi connectivity index (χ2n) is 8.46. The van der Waals surface area contributed by atoms with E-state index in [0.717, 1.165) is 48.7 Å². The van der Waals surface area contributed by atoms with E-state index in [9.17, 15) is 0 Å². The van der Waals surface area contributed by atoms with Gasteiger partial charge in [-0.2, -0.15) is 0 Å². The topological polar surface area (TPSA) is 72.3 Å². The molecule has 29 heavy (non-hydrogen) atoms. The van der Waals surface area contributed by atoms with Gasteiger partial charge in [-0.15, -0.1) is 10.2 Å². The molecule has 1 atom stereocenters. The van der Waals surface area contributed by atoms with Crippen LogP contribution in [0.2, 0.25) is 0 Å². The van der Waals surface area contributed by atoms with Gasteiger partial charge < -0.3 is 5.73 Å². The standard InChI is InChI=1S/C23H24N6/c24-18-10-11-28(14-18)12-15-4-9-21-26-27-23(29(21)13-15)20-8-7-17-2-1-3-19(16-5-6-16)22(17)25-20/h1-4,7-9,13,16,18H,5-6,10-12,14,24H2. The second-order valence-corrected chi connectivity index (χ2v) is 8.46. The smallest absolute Gasteiger partial charge is 0.187 e. The summed E-state index contributed by atoms with van der Waals surface area (Å²) in [6, 6.07) is 15.2. The lowest BCUT2D eigenvalue weighted by atomic mass is 10.1. The molecule has 0 amide bonds. The molecule has 1 saturated heterocycles. The first-order valence-electron chi connectivity index (χ1n) is 10.5. The highest BCUT2D eigenvalue weighted by atomic mass is 15.3. The number of aromatic nitrogens is 4. The van der Waals surface area contributed by atoms with Crippen molar-refractivity contribution in [3.8, 4) is 11.5 Å². The van der Waals surface area contributed by atoms with E-state index in [1.54, 1.807) is 0 Å². The lowest BCUT2D eigenvalue weighted by Crippen LogP contribution is -2.26. The summed E-state index contributed by atoms with van der Waals surface area (Å²) in [6.45, 7) is 2.92. The molecule has 4 heterocycles. The van der Waals surface area contributed by atoms with Crippen LogP contribution in [0.3, 0.4) is 0 Å². The lowest BCUT2D eigenvalue weighted by Gasteiger charge is -2.15. The van der Waals surface area contributed by atoms with Gasteiger partial charge in [0.05, 0.1) is 5.52 Å². The molecule has 1 saturated carbocycles. The first-order valence-corrected chi connectivity index (χ1v) is 10.5. The van der Waals surface area contributed by atoms with Crippen LogP contribution in [-0.2, 0) is 6.54 Å². The fourth-order valence-electron chi connectivity index (χ4n) is 4.49. The Balaban J connectivity index is 1.41. The fraction of sp³-hybridized carbons (Fsp3) is 0.348. The molecule has 6 rings (SSSR count). The van der Waals surface area contributed by atoms with Crippen LogP contribution in [0.1, 0.15) is 36.3 Å². The zero-order chi connectivity index (χ0) is 19.4. The van der Waals surface area contributed by atoms with Crippen molar-refractivity contribution in [3.63, 3.8) is 0 Å². The summed E-state index contributed by atoms with van der Waals surface area (Å²) in [7, 11) is 0. The van der Waals surface area contributed by atoms with Gasteiger partial charge in [0.1, 0.15) is 5.69 Å². The van der Waals surface area contributed by atoms with E-state index in [-0.39, 0.29) is 0 Å². The summed E-state index contributed by atoms with van der Waals surface area (Å²) in [5.41, 5.74) is 11.5. The highest BCUT2D eigenvalue weighted by molar-refractivity contribution is 5.84. The predicted molar refractivity (Wildman–Crippen MR) is 114 cm³/mol. The van der Waals surface area contributed by atoms with Gasteiger partial charge >= 0.3 is 0 Å². The van der Waals surface area contributed by atoms with E-state index in [0.29, 0.717) is 12.0 Å². The maximum Gasteiger partial charge on any atom is 0.187 e. The van der Waals surface area contributed by atoms with Crippen LogP contribution in [0.5, 0.6) is 0 Å². The summed E-state index contributed by atoms with van der Waals surface area (Å²) in [6.07, 6.45) is 5.75. The molecule has 0 radical (unpaired) electrons. The number of hydrogen-bond donors (Lipinski definition) is 1. The first kappa shape index (κ1) is 17.1. The molecule has 0 spiro atoms. The van der Waals surface area contributed by atoms with Crippen LogP contribution in [0.25, 0.3) is 28.1 Å². The molecule has 6 heteroatoms. The maximum atomic E-state index is 6.06. The highest BCUT2D eigenvalue weighted by Gasteiger charge is 2.26. The molecule has 1 unspecified atom stereocenters. The Hall–Kier alpha value is -2.83. The number of rotatable bonds is 4. The van der Waals surface area contributed by atoms with Crippen molar-refractivity contribution >= 4 is 16.6 Å². The molecule has 0 bridgehead atoms. The van der Waals surface area contributed by atoms with Crippen LogP contribution < -0.4 is 5.73 Å². The largest absolute Gasteiger partial charge is 0.326 e. The van der Waals surface area contributed by atoms with Gasteiger partial charge in [-0.05, 0) is 48.4 Å². The minimum absolute atomic E-state index is 0.298. The Morgan fingerprint density at radius 2 is 1.93 bits per heavy atom.